The lowest BCUT2D eigenvalue weighted by Crippen LogP contribution is -2.44. The van der Waals surface area contributed by atoms with Gasteiger partial charge in [-0.05, 0) is 39.1 Å². The lowest BCUT2D eigenvalue weighted by atomic mass is 10.2. The molecule has 6 nitrogen and oxygen atoms in total. The zero-order valence-corrected chi connectivity index (χ0v) is 12.5. The van der Waals surface area contributed by atoms with Crippen LogP contribution in [0.3, 0.4) is 0 Å². The minimum Gasteiger partial charge on any atom is -0.469 e. The van der Waals surface area contributed by atoms with E-state index >= 15 is 0 Å². The summed E-state index contributed by atoms with van der Waals surface area (Å²) in [4.78, 5) is 0. The van der Waals surface area contributed by atoms with Crippen molar-refractivity contribution in [2.45, 2.75) is 25.8 Å². The van der Waals surface area contributed by atoms with Gasteiger partial charge in [-0.2, -0.15) is 17.4 Å². The van der Waals surface area contributed by atoms with E-state index in [0.717, 1.165) is 18.7 Å². The van der Waals surface area contributed by atoms with Crippen LogP contribution in [0.4, 0.5) is 0 Å². The molecule has 0 aliphatic carbocycles. The Morgan fingerprint density at radius 1 is 1.47 bits per heavy atom. The van der Waals surface area contributed by atoms with E-state index in [4.69, 9.17) is 4.42 Å². The average Bonchev–Trinajstić information content (AvgIpc) is 2.81. The summed E-state index contributed by atoms with van der Waals surface area (Å²) in [5.41, 5.74) is 0. The quantitative estimate of drug-likeness (QED) is 0.652. The Bertz CT molecular complexity index is 445. The highest BCUT2D eigenvalue weighted by molar-refractivity contribution is 7.87. The molecule has 0 amide bonds. The number of hydrogen-bond acceptors (Lipinski definition) is 4. The zero-order valence-electron chi connectivity index (χ0n) is 11.7. The van der Waals surface area contributed by atoms with Crippen molar-refractivity contribution >= 4 is 10.2 Å². The average molecular weight is 289 g/mol. The smallest absolute Gasteiger partial charge is 0.279 e. The standard InChI is InChI=1S/C12H23N3O3S/c1-11(10-12-6-4-9-18-12)14-19(16,17)15(3)8-5-7-13-2/h4,6,9,11,13-14H,5,7-8,10H2,1-3H3. The van der Waals surface area contributed by atoms with Crippen molar-refractivity contribution in [2.24, 2.45) is 0 Å². The van der Waals surface area contributed by atoms with Crippen LogP contribution in [0, 0.1) is 0 Å². The minimum absolute atomic E-state index is 0.206. The molecule has 0 aliphatic heterocycles. The summed E-state index contributed by atoms with van der Waals surface area (Å²) in [6.07, 6.45) is 2.90. The molecule has 0 spiro atoms. The highest BCUT2D eigenvalue weighted by Gasteiger charge is 2.20. The first-order valence-corrected chi connectivity index (χ1v) is 7.80. The molecule has 19 heavy (non-hydrogen) atoms. The van der Waals surface area contributed by atoms with Gasteiger partial charge in [-0.15, -0.1) is 0 Å². The van der Waals surface area contributed by atoms with Crippen LogP contribution < -0.4 is 10.0 Å². The molecule has 0 saturated heterocycles. The lowest BCUT2D eigenvalue weighted by Gasteiger charge is -2.20. The molecule has 7 heteroatoms. The van der Waals surface area contributed by atoms with Crippen LogP contribution >= 0.6 is 0 Å². The molecule has 0 aromatic carbocycles. The maximum absolute atomic E-state index is 12.0. The van der Waals surface area contributed by atoms with E-state index in [9.17, 15) is 8.42 Å². The van der Waals surface area contributed by atoms with Crippen molar-refractivity contribution in [1.29, 1.82) is 0 Å². The van der Waals surface area contributed by atoms with Gasteiger partial charge in [0.2, 0.25) is 0 Å². The molecule has 0 radical (unpaired) electrons. The Balaban J connectivity index is 2.44. The van der Waals surface area contributed by atoms with Gasteiger partial charge in [0.05, 0.1) is 6.26 Å². The van der Waals surface area contributed by atoms with Crippen LogP contribution in [0.5, 0.6) is 0 Å². The predicted molar refractivity (Wildman–Crippen MR) is 75.1 cm³/mol. The van der Waals surface area contributed by atoms with Crippen LogP contribution in [0.2, 0.25) is 0 Å². The molecular weight excluding hydrogens is 266 g/mol. The highest BCUT2D eigenvalue weighted by Crippen LogP contribution is 2.06. The second-order valence-electron chi connectivity index (χ2n) is 4.59. The molecule has 1 heterocycles. The Hall–Kier alpha value is -0.890. The van der Waals surface area contributed by atoms with Crippen molar-refractivity contribution in [3.05, 3.63) is 24.2 Å². The summed E-state index contributed by atoms with van der Waals surface area (Å²) in [5, 5.41) is 2.99. The van der Waals surface area contributed by atoms with Crippen LogP contribution in [0.15, 0.2) is 22.8 Å². The van der Waals surface area contributed by atoms with E-state index in [1.54, 1.807) is 19.4 Å². The van der Waals surface area contributed by atoms with Gasteiger partial charge in [0.25, 0.3) is 10.2 Å². The summed E-state index contributed by atoms with van der Waals surface area (Å²) in [7, 11) is -0.00289. The van der Waals surface area contributed by atoms with Gasteiger partial charge >= 0.3 is 0 Å². The van der Waals surface area contributed by atoms with E-state index in [0.29, 0.717) is 13.0 Å². The molecule has 1 aromatic heterocycles. The number of nitrogens with one attached hydrogen (secondary N) is 2. The van der Waals surface area contributed by atoms with E-state index in [1.165, 1.54) is 4.31 Å². The lowest BCUT2D eigenvalue weighted by molar-refractivity contribution is 0.432. The second-order valence-corrected chi connectivity index (χ2v) is 6.40. The predicted octanol–water partition coefficient (Wildman–Crippen LogP) is 0.586. The molecule has 110 valence electrons. The summed E-state index contributed by atoms with van der Waals surface area (Å²) in [6.45, 7) is 3.10. The molecule has 0 fully saturated rings. The zero-order chi connectivity index (χ0) is 14.3. The first kappa shape index (κ1) is 16.2. The largest absolute Gasteiger partial charge is 0.469 e. The van der Waals surface area contributed by atoms with E-state index in [-0.39, 0.29) is 6.04 Å². The van der Waals surface area contributed by atoms with Crippen LogP contribution in [-0.4, -0.2) is 45.9 Å². The van der Waals surface area contributed by atoms with Crippen molar-refractivity contribution < 1.29 is 12.8 Å². The Morgan fingerprint density at radius 2 is 2.21 bits per heavy atom. The van der Waals surface area contributed by atoms with Gasteiger partial charge in [-0.25, -0.2) is 0 Å². The van der Waals surface area contributed by atoms with Gasteiger partial charge in [-0.3, -0.25) is 0 Å². The van der Waals surface area contributed by atoms with Gasteiger partial charge in [0.1, 0.15) is 5.76 Å². The fourth-order valence-corrected chi connectivity index (χ4v) is 2.86. The topological polar surface area (TPSA) is 74.6 Å². The van der Waals surface area contributed by atoms with Crippen molar-refractivity contribution in [3.8, 4) is 0 Å². The number of hydrogen-bond donors (Lipinski definition) is 2. The van der Waals surface area contributed by atoms with Gasteiger partial charge in [0, 0.05) is 26.1 Å². The van der Waals surface area contributed by atoms with Gasteiger partial charge in [0.15, 0.2) is 0 Å². The first-order valence-electron chi connectivity index (χ1n) is 6.36. The molecule has 1 unspecified atom stereocenters. The summed E-state index contributed by atoms with van der Waals surface area (Å²) in [6, 6.07) is 3.42. The molecule has 2 N–H and O–H groups in total. The molecule has 1 aromatic rings. The molecule has 0 aliphatic rings. The fourth-order valence-electron chi connectivity index (χ4n) is 1.72. The van der Waals surface area contributed by atoms with Crippen molar-refractivity contribution in [3.63, 3.8) is 0 Å². The second kappa shape index (κ2) is 7.64. The highest BCUT2D eigenvalue weighted by atomic mass is 32.2. The van der Waals surface area contributed by atoms with Crippen LogP contribution in [0.1, 0.15) is 19.1 Å². The number of nitrogens with zero attached hydrogens (tertiary/aromatic N) is 1. The van der Waals surface area contributed by atoms with Gasteiger partial charge < -0.3 is 9.73 Å². The molecule has 1 atom stereocenters. The summed E-state index contributed by atoms with van der Waals surface area (Å²) < 4.78 is 33.2. The third kappa shape index (κ3) is 5.73. The van der Waals surface area contributed by atoms with Crippen LogP contribution in [-0.2, 0) is 16.6 Å². The number of rotatable bonds is 9. The van der Waals surface area contributed by atoms with Crippen molar-refractivity contribution in [2.75, 3.05) is 27.2 Å². The fraction of sp³-hybridized carbons (Fsp3) is 0.667. The molecule has 0 bridgehead atoms. The van der Waals surface area contributed by atoms with E-state index < -0.39 is 10.2 Å². The Morgan fingerprint density at radius 3 is 2.79 bits per heavy atom. The SMILES string of the molecule is CNCCCN(C)S(=O)(=O)NC(C)Cc1ccco1. The summed E-state index contributed by atoms with van der Waals surface area (Å²) in [5.74, 6) is 0.771. The molecule has 1 rings (SSSR count). The Labute approximate surface area is 115 Å². The summed E-state index contributed by atoms with van der Waals surface area (Å²) >= 11 is 0. The van der Waals surface area contributed by atoms with E-state index in [1.807, 2.05) is 20.0 Å². The third-order valence-corrected chi connectivity index (χ3v) is 4.45. The monoisotopic (exact) mass is 289 g/mol. The van der Waals surface area contributed by atoms with Crippen LogP contribution in [0.25, 0.3) is 0 Å². The van der Waals surface area contributed by atoms with Crippen molar-refractivity contribution in [1.82, 2.24) is 14.3 Å². The number of furan rings is 1. The normalized spacial score (nSPS) is 13.9. The Kier molecular flexibility index (Phi) is 6.50. The minimum atomic E-state index is -3.43. The third-order valence-electron chi connectivity index (χ3n) is 2.75. The van der Waals surface area contributed by atoms with E-state index in [2.05, 4.69) is 10.0 Å². The first-order chi connectivity index (χ1) is 8.95. The van der Waals surface area contributed by atoms with Gasteiger partial charge in [-0.1, -0.05) is 0 Å². The maximum Gasteiger partial charge on any atom is 0.279 e. The molecule has 0 saturated carbocycles. The molecular formula is C12H23N3O3S. The maximum atomic E-state index is 12.0.